The molecule has 6 rings (SSSR count). The van der Waals surface area contributed by atoms with Gasteiger partial charge >= 0.3 is 0 Å². The van der Waals surface area contributed by atoms with E-state index in [9.17, 15) is 9.59 Å². The fourth-order valence-corrected chi connectivity index (χ4v) is 6.12. The molecule has 40 heavy (non-hydrogen) atoms. The normalized spacial score (nSPS) is 14.9. The van der Waals surface area contributed by atoms with Crippen LogP contribution in [-0.4, -0.2) is 25.1 Å². The molecule has 1 saturated carbocycles. The van der Waals surface area contributed by atoms with E-state index >= 15 is 0 Å². The van der Waals surface area contributed by atoms with Crippen molar-refractivity contribution in [1.29, 1.82) is 0 Å². The number of para-hydroxylation sites is 1. The van der Waals surface area contributed by atoms with Gasteiger partial charge in [-0.25, -0.2) is 9.50 Å². The van der Waals surface area contributed by atoms with Crippen molar-refractivity contribution in [3.63, 3.8) is 0 Å². The van der Waals surface area contributed by atoms with Gasteiger partial charge in [-0.15, -0.1) is 5.10 Å². The van der Waals surface area contributed by atoms with Crippen LogP contribution in [0.3, 0.4) is 0 Å². The van der Waals surface area contributed by atoms with Crippen LogP contribution in [0.25, 0.3) is 22.1 Å². The number of aromatic nitrogens is 4. The summed E-state index contributed by atoms with van der Waals surface area (Å²) in [6, 6.07) is 19.0. The standard InChI is InChI=1S/C32H34N6O2/c1-21(35-31(39)28-29(33)36-37-19-9-18-34-30(28)37)26-20-24-13-8-12-23(17-16-22-10-4-2-5-11-22)27(24)32(40)38(26)25-14-6-3-7-15-25/h3,6-9,12-15,18-22H,2,4-5,10-11,16-17H2,1H3,(H2,33,36)(H,35,39). The van der Waals surface area contributed by atoms with Crippen LogP contribution in [0.5, 0.6) is 0 Å². The maximum atomic E-state index is 14.3. The van der Waals surface area contributed by atoms with Gasteiger partial charge in [0.2, 0.25) is 0 Å². The lowest BCUT2D eigenvalue weighted by Crippen LogP contribution is -2.32. The monoisotopic (exact) mass is 534 g/mol. The Morgan fingerprint density at radius 1 is 1.07 bits per heavy atom. The van der Waals surface area contributed by atoms with Crippen molar-refractivity contribution >= 4 is 28.1 Å². The van der Waals surface area contributed by atoms with Crippen molar-refractivity contribution in [2.24, 2.45) is 5.92 Å². The Labute approximate surface area is 232 Å². The number of aryl methyl sites for hydroxylation is 1. The highest BCUT2D eigenvalue weighted by atomic mass is 16.2. The van der Waals surface area contributed by atoms with Gasteiger partial charge in [-0.1, -0.05) is 68.5 Å². The number of fused-ring (bicyclic) bond motifs is 2. The van der Waals surface area contributed by atoms with Gasteiger partial charge in [0.1, 0.15) is 5.56 Å². The first-order valence-corrected chi connectivity index (χ1v) is 14.1. The molecular formula is C32H34N6O2. The predicted octanol–water partition coefficient (Wildman–Crippen LogP) is 5.62. The lowest BCUT2D eigenvalue weighted by Gasteiger charge is -2.23. The minimum Gasteiger partial charge on any atom is -0.381 e. The van der Waals surface area contributed by atoms with Crippen LogP contribution in [0.15, 0.2) is 77.9 Å². The van der Waals surface area contributed by atoms with Gasteiger partial charge < -0.3 is 11.1 Å². The second kappa shape index (κ2) is 11.0. The van der Waals surface area contributed by atoms with E-state index in [4.69, 9.17) is 5.73 Å². The lowest BCUT2D eigenvalue weighted by atomic mass is 9.85. The van der Waals surface area contributed by atoms with Crippen LogP contribution in [0.4, 0.5) is 5.82 Å². The smallest absolute Gasteiger partial charge is 0.263 e. The summed E-state index contributed by atoms with van der Waals surface area (Å²) in [6.45, 7) is 1.88. The Bertz CT molecular complexity index is 1730. The molecule has 204 valence electrons. The van der Waals surface area contributed by atoms with E-state index in [-0.39, 0.29) is 16.9 Å². The maximum Gasteiger partial charge on any atom is 0.263 e. The number of anilines is 1. The molecular weight excluding hydrogens is 500 g/mol. The molecule has 8 nitrogen and oxygen atoms in total. The van der Waals surface area contributed by atoms with E-state index in [0.717, 1.165) is 40.8 Å². The van der Waals surface area contributed by atoms with Crippen LogP contribution in [0.2, 0.25) is 0 Å². The molecule has 2 aromatic carbocycles. The van der Waals surface area contributed by atoms with E-state index in [0.29, 0.717) is 11.3 Å². The summed E-state index contributed by atoms with van der Waals surface area (Å²) in [5.74, 6) is 0.439. The molecule has 1 unspecified atom stereocenters. The summed E-state index contributed by atoms with van der Waals surface area (Å²) in [5, 5.41) is 8.89. The summed E-state index contributed by atoms with van der Waals surface area (Å²) in [4.78, 5) is 32.0. The first-order valence-electron chi connectivity index (χ1n) is 14.1. The SMILES string of the molecule is CC(NC(=O)c1c(N)nn2cccnc12)c1cc2cccc(CCC3CCCCC3)c2c(=O)n1-c1ccccc1. The topological polar surface area (TPSA) is 107 Å². The number of nitrogens with one attached hydrogen (secondary N) is 1. The minimum absolute atomic E-state index is 0.0730. The molecule has 3 N–H and O–H groups in total. The zero-order chi connectivity index (χ0) is 27.6. The van der Waals surface area contributed by atoms with Gasteiger partial charge in [0, 0.05) is 23.8 Å². The number of hydrogen-bond donors (Lipinski definition) is 2. The van der Waals surface area contributed by atoms with Crippen molar-refractivity contribution in [3.05, 3.63) is 100 Å². The van der Waals surface area contributed by atoms with Crippen LogP contribution in [0, 0.1) is 5.92 Å². The van der Waals surface area contributed by atoms with Crippen molar-refractivity contribution < 1.29 is 4.79 Å². The average molecular weight is 535 g/mol. The Balaban J connectivity index is 1.40. The second-order valence-electron chi connectivity index (χ2n) is 10.8. The number of nitrogens with two attached hydrogens (primary N) is 1. The number of nitrogens with zero attached hydrogens (tertiary/aromatic N) is 4. The minimum atomic E-state index is -0.506. The third kappa shape index (κ3) is 4.85. The zero-order valence-corrected chi connectivity index (χ0v) is 22.7. The van der Waals surface area contributed by atoms with Gasteiger partial charge in [0.15, 0.2) is 11.5 Å². The average Bonchev–Trinajstić information content (AvgIpc) is 3.32. The molecule has 1 aliphatic rings. The van der Waals surface area contributed by atoms with Crippen LogP contribution in [-0.2, 0) is 6.42 Å². The largest absolute Gasteiger partial charge is 0.381 e. The predicted molar refractivity (Wildman–Crippen MR) is 158 cm³/mol. The molecule has 1 atom stereocenters. The molecule has 1 aliphatic carbocycles. The van der Waals surface area contributed by atoms with Gasteiger partial charge in [-0.2, -0.15) is 0 Å². The molecule has 3 aromatic heterocycles. The molecule has 0 aliphatic heterocycles. The fourth-order valence-electron chi connectivity index (χ4n) is 6.12. The fraction of sp³-hybridized carbons (Fsp3) is 0.312. The first kappa shape index (κ1) is 25.8. The number of pyridine rings is 1. The molecule has 1 fully saturated rings. The van der Waals surface area contributed by atoms with Gasteiger partial charge in [0.05, 0.1) is 11.4 Å². The summed E-state index contributed by atoms with van der Waals surface area (Å²) < 4.78 is 3.22. The Morgan fingerprint density at radius 2 is 1.88 bits per heavy atom. The molecule has 5 aromatic rings. The third-order valence-electron chi connectivity index (χ3n) is 8.16. The first-order chi connectivity index (χ1) is 19.5. The summed E-state index contributed by atoms with van der Waals surface area (Å²) in [5.41, 5.74) is 9.15. The molecule has 1 amide bonds. The van der Waals surface area contributed by atoms with E-state index < -0.39 is 11.9 Å². The molecule has 0 bridgehead atoms. The van der Waals surface area contributed by atoms with Crippen LogP contribution in [0.1, 0.15) is 73.1 Å². The summed E-state index contributed by atoms with van der Waals surface area (Å²) in [7, 11) is 0. The van der Waals surface area contributed by atoms with Gasteiger partial charge in [0.25, 0.3) is 11.5 Å². The number of nitrogen functional groups attached to an aromatic ring is 1. The van der Waals surface area contributed by atoms with Crippen molar-refractivity contribution in [2.75, 3.05) is 5.73 Å². The zero-order valence-electron chi connectivity index (χ0n) is 22.7. The highest BCUT2D eigenvalue weighted by Crippen LogP contribution is 2.30. The number of amides is 1. The van der Waals surface area contributed by atoms with E-state index in [1.807, 2.05) is 55.5 Å². The summed E-state index contributed by atoms with van der Waals surface area (Å²) >= 11 is 0. The Kier molecular flexibility index (Phi) is 7.07. The Hall–Kier alpha value is -4.46. The van der Waals surface area contributed by atoms with E-state index in [2.05, 4.69) is 21.5 Å². The van der Waals surface area contributed by atoms with Crippen LogP contribution >= 0.6 is 0 Å². The van der Waals surface area contributed by atoms with Gasteiger partial charge in [-0.05, 0) is 60.9 Å². The molecule has 0 saturated heterocycles. The van der Waals surface area contributed by atoms with E-state index in [1.54, 1.807) is 23.0 Å². The maximum absolute atomic E-state index is 14.3. The molecule has 3 heterocycles. The molecule has 0 radical (unpaired) electrons. The van der Waals surface area contributed by atoms with Crippen LogP contribution < -0.4 is 16.6 Å². The third-order valence-corrected chi connectivity index (χ3v) is 8.16. The number of benzene rings is 2. The number of rotatable bonds is 7. The van der Waals surface area contributed by atoms with Crippen molar-refractivity contribution in [3.8, 4) is 5.69 Å². The van der Waals surface area contributed by atoms with E-state index in [1.165, 1.54) is 36.6 Å². The number of hydrogen-bond acceptors (Lipinski definition) is 5. The molecule has 8 heteroatoms. The highest BCUT2D eigenvalue weighted by molar-refractivity contribution is 6.04. The van der Waals surface area contributed by atoms with Gasteiger partial charge in [-0.3, -0.25) is 14.2 Å². The second-order valence-corrected chi connectivity index (χ2v) is 10.8. The number of carbonyl (C=O) groups excluding carboxylic acids is 1. The summed E-state index contributed by atoms with van der Waals surface area (Å²) in [6.07, 6.45) is 11.8. The molecule has 0 spiro atoms. The van der Waals surface area contributed by atoms with Crippen molar-refractivity contribution in [2.45, 2.75) is 57.9 Å². The quantitative estimate of drug-likeness (QED) is 0.282. The highest BCUT2D eigenvalue weighted by Gasteiger charge is 2.24. The number of carbonyl (C=O) groups is 1. The van der Waals surface area contributed by atoms with Crippen molar-refractivity contribution in [1.82, 2.24) is 24.5 Å². The lowest BCUT2D eigenvalue weighted by molar-refractivity contribution is 0.0941. The Morgan fingerprint density at radius 3 is 2.67 bits per heavy atom.